The number of hydrogen-bond acceptors (Lipinski definition) is 2. The number of rotatable bonds is 3. The van der Waals surface area contributed by atoms with E-state index in [-0.39, 0.29) is 0 Å². The number of ether oxygens (including phenoxy) is 1. The molecule has 0 N–H and O–H groups in total. The lowest BCUT2D eigenvalue weighted by molar-refractivity contribution is 0.414. The van der Waals surface area contributed by atoms with E-state index in [1.807, 2.05) is 24.3 Å². The standard InChI is InChI=1S/C8H10O2Si/c1-9-7-5-3-4-6-8(7)11-10-2/h3-6H,1-2H3. The van der Waals surface area contributed by atoms with Crippen LogP contribution >= 0.6 is 0 Å². The molecule has 0 fully saturated rings. The molecular formula is C8H10O2Si. The lowest BCUT2D eigenvalue weighted by Crippen LogP contribution is -2.17. The smallest absolute Gasteiger partial charge is 0.272 e. The summed E-state index contributed by atoms with van der Waals surface area (Å²) in [4.78, 5) is 0. The fraction of sp³-hybridized carbons (Fsp3) is 0.250. The zero-order valence-electron chi connectivity index (χ0n) is 6.63. The van der Waals surface area contributed by atoms with Crippen LogP contribution in [-0.2, 0) is 4.43 Å². The summed E-state index contributed by atoms with van der Waals surface area (Å²) >= 11 is 0. The van der Waals surface area contributed by atoms with Crippen LogP contribution in [0.4, 0.5) is 0 Å². The minimum absolute atomic E-state index is 0.368. The fourth-order valence-electron chi connectivity index (χ4n) is 0.839. The molecule has 0 amide bonds. The minimum Gasteiger partial charge on any atom is -0.497 e. The van der Waals surface area contributed by atoms with E-state index in [0.29, 0.717) is 9.76 Å². The highest BCUT2D eigenvalue weighted by Gasteiger charge is 2.01. The van der Waals surface area contributed by atoms with Gasteiger partial charge in [0.25, 0.3) is 9.76 Å². The van der Waals surface area contributed by atoms with E-state index in [2.05, 4.69) is 0 Å². The molecule has 0 saturated carbocycles. The SMILES string of the molecule is CO[Si]c1ccccc1OC. The van der Waals surface area contributed by atoms with Crippen molar-refractivity contribution in [2.75, 3.05) is 14.2 Å². The molecule has 0 aliphatic heterocycles. The molecule has 0 aromatic heterocycles. The normalized spacial score (nSPS) is 9.64. The van der Waals surface area contributed by atoms with Gasteiger partial charge in [0, 0.05) is 12.3 Å². The van der Waals surface area contributed by atoms with Crippen molar-refractivity contribution in [1.29, 1.82) is 0 Å². The van der Waals surface area contributed by atoms with Crippen molar-refractivity contribution < 1.29 is 9.16 Å². The topological polar surface area (TPSA) is 18.5 Å². The molecule has 0 aliphatic carbocycles. The summed E-state index contributed by atoms with van der Waals surface area (Å²) in [5, 5.41) is 1.11. The maximum atomic E-state index is 5.12. The van der Waals surface area contributed by atoms with Gasteiger partial charge in [0.1, 0.15) is 5.75 Å². The van der Waals surface area contributed by atoms with Crippen molar-refractivity contribution in [2.45, 2.75) is 0 Å². The monoisotopic (exact) mass is 166 g/mol. The third-order valence-corrected chi connectivity index (χ3v) is 2.16. The van der Waals surface area contributed by atoms with Gasteiger partial charge in [0.2, 0.25) is 0 Å². The summed E-state index contributed by atoms with van der Waals surface area (Å²) in [6.45, 7) is 0. The maximum Gasteiger partial charge on any atom is 0.272 e. The predicted molar refractivity (Wildman–Crippen MR) is 45.4 cm³/mol. The Morgan fingerprint density at radius 1 is 1.18 bits per heavy atom. The highest BCUT2D eigenvalue weighted by molar-refractivity contribution is 6.48. The van der Waals surface area contributed by atoms with Gasteiger partial charge in [0.05, 0.1) is 7.11 Å². The second-order valence-corrected chi connectivity index (χ2v) is 3.16. The molecule has 0 atom stereocenters. The number of para-hydroxylation sites is 1. The van der Waals surface area contributed by atoms with E-state index in [4.69, 9.17) is 9.16 Å². The first-order valence-electron chi connectivity index (χ1n) is 3.30. The van der Waals surface area contributed by atoms with Gasteiger partial charge in [-0.1, -0.05) is 18.2 Å². The van der Waals surface area contributed by atoms with Crippen LogP contribution in [0.15, 0.2) is 24.3 Å². The number of benzene rings is 1. The van der Waals surface area contributed by atoms with E-state index in [1.165, 1.54) is 0 Å². The molecule has 1 aromatic rings. The maximum absolute atomic E-state index is 5.12. The van der Waals surface area contributed by atoms with Crippen LogP contribution in [0, 0.1) is 0 Å². The van der Waals surface area contributed by atoms with Crippen molar-refractivity contribution in [3.8, 4) is 5.75 Å². The molecule has 2 radical (unpaired) electrons. The Morgan fingerprint density at radius 2 is 1.91 bits per heavy atom. The Labute approximate surface area is 69.1 Å². The summed E-state index contributed by atoms with van der Waals surface area (Å²) in [5.74, 6) is 0.896. The fourth-order valence-corrected chi connectivity index (χ4v) is 1.51. The Morgan fingerprint density at radius 3 is 2.55 bits per heavy atom. The number of methoxy groups -OCH3 is 1. The second kappa shape index (κ2) is 4.15. The second-order valence-electron chi connectivity index (χ2n) is 2.01. The van der Waals surface area contributed by atoms with Crippen LogP contribution in [0.2, 0.25) is 0 Å². The van der Waals surface area contributed by atoms with Gasteiger partial charge >= 0.3 is 0 Å². The molecule has 1 aromatic carbocycles. The van der Waals surface area contributed by atoms with Gasteiger partial charge in [-0.05, 0) is 6.07 Å². The third-order valence-electron chi connectivity index (χ3n) is 1.32. The van der Waals surface area contributed by atoms with Gasteiger partial charge in [-0.3, -0.25) is 0 Å². The third kappa shape index (κ3) is 2.06. The van der Waals surface area contributed by atoms with E-state index >= 15 is 0 Å². The summed E-state index contributed by atoms with van der Waals surface area (Å²) in [7, 11) is 3.72. The Kier molecular flexibility index (Phi) is 3.13. The van der Waals surface area contributed by atoms with E-state index < -0.39 is 0 Å². The van der Waals surface area contributed by atoms with Crippen LogP contribution in [0.25, 0.3) is 0 Å². The average Bonchev–Trinajstić information content (AvgIpc) is 2.06. The van der Waals surface area contributed by atoms with Crippen molar-refractivity contribution in [1.82, 2.24) is 0 Å². The van der Waals surface area contributed by atoms with Gasteiger partial charge in [0.15, 0.2) is 0 Å². The molecule has 0 aliphatic rings. The zero-order valence-corrected chi connectivity index (χ0v) is 7.63. The molecule has 58 valence electrons. The van der Waals surface area contributed by atoms with Gasteiger partial charge in [-0.25, -0.2) is 0 Å². The largest absolute Gasteiger partial charge is 0.497 e. The van der Waals surface area contributed by atoms with Crippen molar-refractivity contribution in [3.05, 3.63) is 24.3 Å². The first kappa shape index (κ1) is 8.29. The summed E-state index contributed by atoms with van der Waals surface area (Å²) in [5.41, 5.74) is 0. The van der Waals surface area contributed by atoms with Crippen LogP contribution < -0.4 is 9.92 Å². The zero-order chi connectivity index (χ0) is 8.10. The van der Waals surface area contributed by atoms with Crippen molar-refractivity contribution in [3.63, 3.8) is 0 Å². The molecule has 3 heteroatoms. The number of hydrogen-bond donors (Lipinski definition) is 0. The van der Waals surface area contributed by atoms with Crippen LogP contribution in [-0.4, -0.2) is 24.0 Å². The van der Waals surface area contributed by atoms with Crippen LogP contribution in [0.5, 0.6) is 5.75 Å². The summed E-state index contributed by atoms with van der Waals surface area (Å²) < 4.78 is 10.1. The van der Waals surface area contributed by atoms with Crippen molar-refractivity contribution >= 4 is 14.9 Å². The van der Waals surface area contributed by atoms with Crippen LogP contribution in [0.1, 0.15) is 0 Å². The lowest BCUT2D eigenvalue weighted by Gasteiger charge is -2.04. The summed E-state index contributed by atoms with van der Waals surface area (Å²) in [6, 6.07) is 7.86. The molecule has 1 rings (SSSR count). The van der Waals surface area contributed by atoms with Gasteiger partial charge in [-0.15, -0.1) is 0 Å². The van der Waals surface area contributed by atoms with Crippen LogP contribution in [0.3, 0.4) is 0 Å². The molecule has 2 nitrogen and oxygen atoms in total. The molecule has 0 spiro atoms. The van der Waals surface area contributed by atoms with Gasteiger partial charge < -0.3 is 9.16 Å². The van der Waals surface area contributed by atoms with Crippen molar-refractivity contribution in [2.24, 2.45) is 0 Å². The Balaban J connectivity index is 2.83. The highest BCUT2D eigenvalue weighted by atomic mass is 28.2. The van der Waals surface area contributed by atoms with E-state index in [1.54, 1.807) is 14.2 Å². The Bertz CT molecular complexity index is 225. The summed E-state index contributed by atoms with van der Waals surface area (Å²) in [6.07, 6.45) is 0. The molecule has 0 heterocycles. The molecule has 0 unspecified atom stereocenters. The quantitative estimate of drug-likeness (QED) is 0.612. The van der Waals surface area contributed by atoms with E-state index in [9.17, 15) is 0 Å². The van der Waals surface area contributed by atoms with E-state index in [0.717, 1.165) is 10.9 Å². The highest BCUT2D eigenvalue weighted by Crippen LogP contribution is 2.03. The lowest BCUT2D eigenvalue weighted by atomic mass is 10.3. The first-order chi connectivity index (χ1) is 5.38. The minimum atomic E-state index is 0.368. The van der Waals surface area contributed by atoms with Gasteiger partial charge in [-0.2, -0.15) is 0 Å². The molecule has 11 heavy (non-hydrogen) atoms. The Hall–Kier alpha value is -0.803. The first-order valence-corrected chi connectivity index (χ1v) is 4.21. The molecule has 0 bridgehead atoms. The molecule has 0 saturated heterocycles. The molecular weight excluding hydrogens is 156 g/mol. The average molecular weight is 166 g/mol. The predicted octanol–water partition coefficient (Wildman–Crippen LogP) is 0.586.